The summed E-state index contributed by atoms with van der Waals surface area (Å²) < 4.78 is 27.3. The summed E-state index contributed by atoms with van der Waals surface area (Å²) in [6.45, 7) is 1.50. The molecule has 2 aromatic carbocycles. The lowest BCUT2D eigenvalue weighted by Gasteiger charge is -2.15. The molecule has 0 aliphatic carbocycles. The van der Waals surface area contributed by atoms with Gasteiger partial charge in [-0.05, 0) is 24.1 Å². The van der Waals surface area contributed by atoms with E-state index in [9.17, 15) is 8.78 Å². The molecule has 0 aliphatic heterocycles. The van der Waals surface area contributed by atoms with E-state index in [4.69, 9.17) is 17.3 Å². The molecule has 0 bridgehead atoms. The third kappa shape index (κ3) is 2.24. The first-order valence-corrected chi connectivity index (χ1v) is 5.84. The van der Waals surface area contributed by atoms with Crippen LogP contribution in [-0.2, 0) is 0 Å². The monoisotopic (exact) mass is 267 g/mol. The van der Waals surface area contributed by atoms with Gasteiger partial charge in [0.1, 0.15) is 0 Å². The quantitative estimate of drug-likeness (QED) is 0.875. The summed E-state index contributed by atoms with van der Waals surface area (Å²) in [6.07, 6.45) is 0. The van der Waals surface area contributed by atoms with Crippen LogP contribution in [0.15, 0.2) is 36.4 Å². The lowest BCUT2D eigenvalue weighted by molar-refractivity contribution is 0.489. The first kappa shape index (κ1) is 13.0. The van der Waals surface area contributed by atoms with Crippen LogP contribution in [0, 0.1) is 18.6 Å². The van der Waals surface area contributed by atoms with Crippen molar-refractivity contribution < 1.29 is 8.78 Å². The topological polar surface area (TPSA) is 26.0 Å². The van der Waals surface area contributed by atoms with Crippen molar-refractivity contribution in [3.05, 3.63) is 69.7 Å². The molecule has 0 saturated carbocycles. The molecular weight excluding hydrogens is 256 g/mol. The molecule has 0 heterocycles. The summed E-state index contributed by atoms with van der Waals surface area (Å²) in [7, 11) is 0. The van der Waals surface area contributed by atoms with E-state index >= 15 is 0 Å². The van der Waals surface area contributed by atoms with E-state index in [0.29, 0.717) is 10.6 Å². The van der Waals surface area contributed by atoms with Gasteiger partial charge in [0.15, 0.2) is 11.6 Å². The zero-order chi connectivity index (χ0) is 13.3. The molecule has 0 fully saturated rings. The predicted octanol–water partition coefficient (Wildman–Crippen LogP) is 3.97. The zero-order valence-electron chi connectivity index (χ0n) is 9.75. The highest BCUT2D eigenvalue weighted by atomic mass is 35.5. The maximum atomic E-state index is 13.8. The fraction of sp³-hybridized carbons (Fsp3) is 0.143. The summed E-state index contributed by atoms with van der Waals surface area (Å²) in [5, 5.41) is 0.436. The number of nitrogens with two attached hydrogens (primary N) is 1. The summed E-state index contributed by atoms with van der Waals surface area (Å²) in [6, 6.07) is 9.08. The number of hydrogen-bond donors (Lipinski definition) is 1. The van der Waals surface area contributed by atoms with Gasteiger partial charge >= 0.3 is 0 Å². The van der Waals surface area contributed by atoms with Gasteiger partial charge in [0.05, 0.1) is 6.04 Å². The van der Waals surface area contributed by atoms with Crippen molar-refractivity contribution in [3.63, 3.8) is 0 Å². The average molecular weight is 268 g/mol. The van der Waals surface area contributed by atoms with Gasteiger partial charge in [-0.15, -0.1) is 0 Å². The van der Waals surface area contributed by atoms with Crippen molar-refractivity contribution in [1.82, 2.24) is 0 Å². The van der Waals surface area contributed by atoms with Gasteiger partial charge in [-0.25, -0.2) is 8.78 Å². The van der Waals surface area contributed by atoms with Crippen molar-refractivity contribution in [3.8, 4) is 0 Å². The molecule has 18 heavy (non-hydrogen) atoms. The molecule has 0 spiro atoms. The molecule has 0 radical (unpaired) electrons. The SMILES string of the molecule is Cc1ccc(C(N)c2ccccc2Cl)c(F)c1F. The highest BCUT2D eigenvalue weighted by Gasteiger charge is 2.19. The van der Waals surface area contributed by atoms with Gasteiger partial charge in [-0.3, -0.25) is 0 Å². The molecule has 2 N–H and O–H groups in total. The van der Waals surface area contributed by atoms with Crippen LogP contribution in [0.5, 0.6) is 0 Å². The van der Waals surface area contributed by atoms with Crippen molar-refractivity contribution in [1.29, 1.82) is 0 Å². The Kier molecular flexibility index (Phi) is 3.64. The Morgan fingerprint density at radius 3 is 2.33 bits per heavy atom. The van der Waals surface area contributed by atoms with E-state index in [1.165, 1.54) is 19.1 Å². The number of halogens is 3. The Hall–Kier alpha value is -1.45. The molecule has 4 heteroatoms. The molecule has 0 saturated heterocycles. The Morgan fingerprint density at radius 1 is 1.00 bits per heavy atom. The Bertz CT molecular complexity index is 584. The number of benzene rings is 2. The predicted molar refractivity (Wildman–Crippen MR) is 68.6 cm³/mol. The van der Waals surface area contributed by atoms with Crippen LogP contribution < -0.4 is 5.73 Å². The normalized spacial score (nSPS) is 12.5. The van der Waals surface area contributed by atoms with Gasteiger partial charge in [-0.1, -0.05) is 41.9 Å². The minimum atomic E-state index is -0.914. The lowest BCUT2D eigenvalue weighted by atomic mass is 9.98. The van der Waals surface area contributed by atoms with Gasteiger partial charge < -0.3 is 5.73 Å². The van der Waals surface area contributed by atoms with Crippen molar-refractivity contribution in [2.45, 2.75) is 13.0 Å². The van der Waals surface area contributed by atoms with E-state index in [1.807, 2.05) is 0 Å². The molecular formula is C14H12ClF2N. The summed E-state index contributed by atoms with van der Waals surface area (Å²) in [4.78, 5) is 0. The van der Waals surface area contributed by atoms with Gasteiger partial charge in [-0.2, -0.15) is 0 Å². The highest BCUT2D eigenvalue weighted by molar-refractivity contribution is 6.31. The minimum Gasteiger partial charge on any atom is -0.320 e. The number of hydrogen-bond acceptors (Lipinski definition) is 1. The second kappa shape index (κ2) is 5.04. The molecule has 0 aliphatic rings. The second-order valence-electron chi connectivity index (χ2n) is 4.10. The largest absolute Gasteiger partial charge is 0.320 e. The standard InChI is InChI=1S/C14H12ClF2N/c1-8-6-7-10(13(17)12(8)16)14(18)9-4-2-3-5-11(9)15/h2-7,14H,18H2,1H3. The maximum absolute atomic E-state index is 13.8. The molecule has 2 aromatic rings. The summed E-state index contributed by atoms with van der Waals surface area (Å²) in [5.74, 6) is -1.78. The van der Waals surface area contributed by atoms with E-state index in [0.717, 1.165) is 0 Å². The summed E-state index contributed by atoms with van der Waals surface area (Å²) in [5.41, 5.74) is 6.87. The van der Waals surface area contributed by atoms with E-state index in [1.54, 1.807) is 24.3 Å². The van der Waals surface area contributed by atoms with E-state index < -0.39 is 17.7 Å². The Morgan fingerprint density at radius 2 is 1.67 bits per heavy atom. The van der Waals surface area contributed by atoms with Crippen LogP contribution >= 0.6 is 11.6 Å². The maximum Gasteiger partial charge on any atom is 0.164 e. The highest BCUT2D eigenvalue weighted by Crippen LogP contribution is 2.29. The van der Waals surface area contributed by atoms with Crippen LogP contribution in [0.2, 0.25) is 5.02 Å². The van der Waals surface area contributed by atoms with Gasteiger partial charge in [0.25, 0.3) is 0 Å². The zero-order valence-corrected chi connectivity index (χ0v) is 10.5. The fourth-order valence-corrected chi connectivity index (χ4v) is 2.05. The second-order valence-corrected chi connectivity index (χ2v) is 4.51. The van der Waals surface area contributed by atoms with Crippen LogP contribution in [0.1, 0.15) is 22.7 Å². The van der Waals surface area contributed by atoms with E-state index in [2.05, 4.69) is 0 Å². The van der Waals surface area contributed by atoms with Gasteiger partial charge in [0, 0.05) is 10.6 Å². The molecule has 1 nitrogen and oxygen atoms in total. The van der Waals surface area contributed by atoms with Crippen molar-refractivity contribution >= 4 is 11.6 Å². The third-order valence-corrected chi connectivity index (χ3v) is 3.22. The third-order valence-electron chi connectivity index (χ3n) is 2.88. The first-order valence-electron chi connectivity index (χ1n) is 5.47. The minimum absolute atomic E-state index is 0.103. The first-order chi connectivity index (χ1) is 8.52. The van der Waals surface area contributed by atoms with Crippen LogP contribution in [-0.4, -0.2) is 0 Å². The van der Waals surface area contributed by atoms with Crippen molar-refractivity contribution in [2.75, 3.05) is 0 Å². The Balaban J connectivity index is 2.50. The van der Waals surface area contributed by atoms with Crippen LogP contribution in [0.4, 0.5) is 8.78 Å². The fourth-order valence-electron chi connectivity index (χ4n) is 1.80. The van der Waals surface area contributed by atoms with Crippen molar-refractivity contribution in [2.24, 2.45) is 5.73 Å². The summed E-state index contributed by atoms with van der Waals surface area (Å²) >= 11 is 6.00. The molecule has 0 aromatic heterocycles. The smallest absolute Gasteiger partial charge is 0.164 e. The Labute approximate surface area is 109 Å². The van der Waals surface area contributed by atoms with Gasteiger partial charge in [0.2, 0.25) is 0 Å². The average Bonchev–Trinajstić information content (AvgIpc) is 2.36. The molecule has 94 valence electrons. The number of rotatable bonds is 2. The molecule has 1 atom stereocenters. The lowest BCUT2D eigenvalue weighted by Crippen LogP contribution is -2.15. The van der Waals surface area contributed by atoms with Crippen LogP contribution in [0.25, 0.3) is 0 Å². The molecule has 1 unspecified atom stereocenters. The molecule has 2 rings (SSSR count). The number of aryl methyl sites for hydroxylation is 1. The van der Waals surface area contributed by atoms with Crippen LogP contribution in [0.3, 0.4) is 0 Å². The molecule has 0 amide bonds. The van der Waals surface area contributed by atoms with E-state index in [-0.39, 0.29) is 11.1 Å².